The van der Waals surface area contributed by atoms with Gasteiger partial charge >= 0.3 is 11.6 Å². The average molecular weight is 424 g/mol. The fraction of sp³-hybridized carbons (Fsp3) is 0.333. The second-order valence-corrected chi connectivity index (χ2v) is 7.78. The van der Waals surface area contributed by atoms with Crippen molar-refractivity contribution < 1.29 is 29.3 Å². The molecule has 3 aromatic rings. The van der Waals surface area contributed by atoms with Crippen LogP contribution in [0.3, 0.4) is 0 Å². The van der Waals surface area contributed by atoms with Crippen LogP contribution < -0.4 is 10.4 Å². The normalized spacial score (nSPS) is 15.3. The van der Waals surface area contributed by atoms with Crippen molar-refractivity contribution in [3.8, 4) is 5.75 Å². The molecule has 0 bridgehead atoms. The van der Waals surface area contributed by atoms with E-state index in [1.807, 2.05) is 0 Å². The first-order chi connectivity index (χ1) is 14.9. The highest BCUT2D eigenvalue weighted by atomic mass is 16.6. The van der Waals surface area contributed by atoms with Crippen LogP contribution in [0.25, 0.3) is 11.0 Å². The number of aliphatic hydroxyl groups is 2. The van der Waals surface area contributed by atoms with Crippen molar-refractivity contribution in [2.75, 3.05) is 0 Å². The van der Waals surface area contributed by atoms with Gasteiger partial charge in [-0.15, -0.1) is 0 Å². The van der Waals surface area contributed by atoms with Gasteiger partial charge in [-0.2, -0.15) is 0 Å². The van der Waals surface area contributed by atoms with Gasteiger partial charge in [0, 0.05) is 22.9 Å². The number of carboxylic acid groups (broad SMARTS) is 1. The standard InChI is InChI=1S/C24H24O7/c25-18(13-22(28)30-19-10-4-1-6-14(19)12-21(26)27)17-9-5-11-20-23(17)15-7-2-3-8-16(15)24(29)31-20/h1,4-6,9-11,18,22,25,28H,2-3,7-8,12-13H2,(H,26,27). The zero-order chi connectivity index (χ0) is 22.0. The first-order valence-electron chi connectivity index (χ1n) is 10.3. The second-order valence-electron chi connectivity index (χ2n) is 7.78. The van der Waals surface area contributed by atoms with Crippen molar-refractivity contribution in [2.24, 2.45) is 0 Å². The first-order valence-corrected chi connectivity index (χ1v) is 10.3. The monoisotopic (exact) mass is 424 g/mol. The minimum Gasteiger partial charge on any atom is -0.481 e. The van der Waals surface area contributed by atoms with Crippen molar-refractivity contribution in [1.82, 2.24) is 0 Å². The Morgan fingerprint density at radius 1 is 1.03 bits per heavy atom. The Morgan fingerprint density at radius 2 is 1.77 bits per heavy atom. The third kappa shape index (κ3) is 4.47. The number of benzene rings is 2. The highest BCUT2D eigenvalue weighted by molar-refractivity contribution is 5.85. The van der Waals surface area contributed by atoms with E-state index in [0.29, 0.717) is 28.7 Å². The van der Waals surface area contributed by atoms with Crippen LogP contribution in [-0.4, -0.2) is 27.6 Å². The number of aliphatic carboxylic acids is 1. The summed E-state index contributed by atoms with van der Waals surface area (Å²) in [5, 5.41) is 31.1. The minimum atomic E-state index is -1.35. The van der Waals surface area contributed by atoms with Crippen LogP contribution >= 0.6 is 0 Å². The van der Waals surface area contributed by atoms with E-state index in [1.165, 1.54) is 0 Å². The smallest absolute Gasteiger partial charge is 0.339 e. The Hall–Kier alpha value is -3.16. The quantitative estimate of drug-likeness (QED) is 0.394. The molecule has 31 heavy (non-hydrogen) atoms. The summed E-state index contributed by atoms with van der Waals surface area (Å²) in [4.78, 5) is 23.4. The summed E-state index contributed by atoms with van der Waals surface area (Å²) >= 11 is 0. The van der Waals surface area contributed by atoms with Gasteiger partial charge in [0.1, 0.15) is 11.3 Å². The summed E-state index contributed by atoms with van der Waals surface area (Å²) in [6.45, 7) is 0. The van der Waals surface area contributed by atoms with Crippen LogP contribution in [0.5, 0.6) is 5.75 Å². The number of aliphatic hydroxyl groups excluding tert-OH is 2. The number of rotatable bonds is 7. The largest absolute Gasteiger partial charge is 0.481 e. The van der Waals surface area contributed by atoms with Crippen LogP contribution in [0.1, 0.15) is 47.6 Å². The molecule has 0 aliphatic heterocycles. The Balaban J connectivity index is 1.60. The number of para-hydroxylation sites is 1. The molecule has 1 heterocycles. The van der Waals surface area contributed by atoms with Crippen molar-refractivity contribution in [2.45, 2.75) is 50.9 Å². The predicted molar refractivity (Wildman–Crippen MR) is 113 cm³/mol. The molecule has 0 spiro atoms. The lowest BCUT2D eigenvalue weighted by molar-refractivity contribution is -0.136. The molecule has 2 aromatic carbocycles. The molecule has 3 N–H and O–H groups in total. The van der Waals surface area contributed by atoms with Gasteiger partial charge in [-0.1, -0.05) is 30.3 Å². The van der Waals surface area contributed by atoms with Gasteiger partial charge in [0.2, 0.25) is 0 Å². The summed E-state index contributed by atoms with van der Waals surface area (Å²) in [5.41, 5.74) is 2.68. The zero-order valence-electron chi connectivity index (χ0n) is 16.9. The number of aryl methyl sites for hydroxylation is 1. The fourth-order valence-electron chi connectivity index (χ4n) is 4.24. The van der Waals surface area contributed by atoms with Gasteiger partial charge in [0.05, 0.1) is 12.5 Å². The summed E-state index contributed by atoms with van der Waals surface area (Å²) in [6, 6.07) is 11.7. The Bertz CT molecular complexity index is 1160. The molecule has 162 valence electrons. The topological polar surface area (TPSA) is 117 Å². The molecule has 1 aromatic heterocycles. The number of carbonyl (C=O) groups is 1. The molecule has 2 atom stereocenters. The molecule has 7 heteroatoms. The SMILES string of the molecule is O=C(O)Cc1ccccc1OC(O)CC(O)c1cccc2oc(=O)c3c(c12)CCCC3. The molecule has 4 rings (SSSR count). The summed E-state index contributed by atoms with van der Waals surface area (Å²) in [6.07, 6.45) is 0.496. The third-order valence-corrected chi connectivity index (χ3v) is 5.64. The zero-order valence-corrected chi connectivity index (χ0v) is 16.9. The molecule has 0 radical (unpaired) electrons. The lowest BCUT2D eigenvalue weighted by Gasteiger charge is -2.22. The molecule has 1 aliphatic rings. The summed E-state index contributed by atoms with van der Waals surface area (Å²) in [7, 11) is 0. The van der Waals surface area contributed by atoms with Crippen molar-refractivity contribution in [3.05, 3.63) is 75.1 Å². The number of ether oxygens (including phenoxy) is 1. The maximum atomic E-state index is 12.3. The molecule has 1 aliphatic carbocycles. The van der Waals surface area contributed by atoms with Crippen LogP contribution in [0.4, 0.5) is 0 Å². The van der Waals surface area contributed by atoms with Gasteiger partial charge < -0.3 is 24.5 Å². The minimum absolute atomic E-state index is 0.131. The van der Waals surface area contributed by atoms with Crippen LogP contribution in [0.15, 0.2) is 51.7 Å². The maximum Gasteiger partial charge on any atom is 0.339 e. The Kier molecular flexibility index (Phi) is 6.06. The van der Waals surface area contributed by atoms with E-state index >= 15 is 0 Å². The van der Waals surface area contributed by atoms with Gasteiger partial charge in [-0.05, 0) is 48.9 Å². The molecule has 0 saturated heterocycles. The second kappa shape index (κ2) is 8.91. The average Bonchev–Trinajstić information content (AvgIpc) is 2.74. The summed E-state index contributed by atoms with van der Waals surface area (Å²) in [5.74, 6) is -0.751. The first kappa shape index (κ1) is 21.1. The van der Waals surface area contributed by atoms with Crippen LogP contribution in [-0.2, 0) is 24.1 Å². The van der Waals surface area contributed by atoms with Gasteiger partial charge in [-0.25, -0.2) is 4.79 Å². The Labute approximate surface area is 178 Å². The molecule has 7 nitrogen and oxygen atoms in total. The fourth-order valence-corrected chi connectivity index (χ4v) is 4.24. The Morgan fingerprint density at radius 3 is 2.55 bits per heavy atom. The van der Waals surface area contributed by atoms with Crippen molar-refractivity contribution in [1.29, 1.82) is 0 Å². The number of hydrogen-bond donors (Lipinski definition) is 3. The maximum absolute atomic E-state index is 12.3. The van der Waals surface area contributed by atoms with E-state index in [9.17, 15) is 19.8 Å². The van der Waals surface area contributed by atoms with E-state index in [-0.39, 0.29) is 24.2 Å². The molecule has 0 amide bonds. The van der Waals surface area contributed by atoms with E-state index < -0.39 is 18.4 Å². The van der Waals surface area contributed by atoms with Crippen LogP contribution in [0, 0.1) is 0 Å². The molecular weight excluding hydrogens is 400 g/mol. The number of fused-ring (bicyclic) bond motifs is 3. The molecular formula is C24H24O7. The van der Waals surface area contributed by atoms with E-state index in [0.717, 1.165) is 30.2 Å². The molecule has 2 unspecified atom stereocenters. The van der Waals surface area contributed by atoms with Gasteiger partial charge in [0.25, 0.3) is 0 Å². The third-order valence-electron chi connectivity index (χ3n) is 5.64. The predicted octanol–water partition coefficient (Wildman–Crippen LogP) is 3.12. The highest BCUT2D eigenvalue weighted by Gasteiger charge is 2.24. The van der Waals surface area contributed by atoms with Gasteiger partial charge in [0.15, 0.2) is 6.29 Å². The molecule has 0 fully saturated rings. The summed E-state index contributed by atoms with van der Waals surface area (Å²) < 4.78 is 11.0. The molecule has 0 saturated carbocycles. The number of carboxylic acids is 1. The lowest BCUT2D eigenvalue weighted by atomic mass is 9.87. The van der Waals surface area contributed by atoms with Gasteiger partial charge in [-0.3, -0.25) is 4.79 Å². The van der Waals surface area contributed by atoms with Crippen molar-refractivity contribution >= 4 is 16.9 Å². The van der Waals surface area contributed by atoms with Crippen LogP contribution in [0.2, 0.25) is 0 Å². The van der Waals surface area contributed by atoms with Crippen molar-refractivity contribution in [3.63, 3.8) is 0 Å². The van der Waals surface area contributed by atoms with E-state index in [1.54, 1.807) is 42.5 Å². The van der Waals surface area contributed by atoms with E-state index in [4.69, 9.17) is 14.3 Å². The number of hydrogen-bond acceptors (Lipinski definition) is 6. The van der Waals surface area contributed by atoms with E-state index in [2.05, 4.69) is 0 Å². The lowest BCUT2D eigenvalue weighted by Crippen LogP contribution is -2.21. The highest BCUT2D eigenvalue weighted by Crippen LogP contribution is 2.34.